The SMILES string of the molecule is O=C(OCC(=O)N1CCCC1)c1ccc([N+](=O)[O-])o1. The lowest BCUT2D eigenvalue weighted by Gasteiger charge is -2.14. The number of furan rings is 1. The van der Waals surface area contributed by atoms with Gasteiger partial charge in [0, 0.05) is 13.1 Å². The van der Waals surface area contributed by atoms with Crippen molar-refractivity contribution in [3.05, 3.63) is 28.0 Å². The lowest BCUT2D eigenvalue weighted by atomic mass is 10.4. The Labute approximate surface area is 108 Å². The second kappa shape index (κ2) is 5.51. The Morgan fingerprint density at radius 1 is 1.37 bits per heavy atom. The van der Waals surface area contributed by atoms with E-state index in [-0.39, 0.29) is 18.3 Å². The van der Waals surface area contributed by atoms with Crippen molar-refractivity contribution in [2.45, 2.75) is 12.8 Å². The van der Waals surface area contributed by atoms with Crippen LogP contribution in [-0.4, -0.2) is 41.4 Å². The van der Waals surface area contributed by atoms with Gasteiger partial charge in [-0.05, 0) is 18.9 Å². The average Bonchev–Trinajstić information content (AvgIpc) is 3.05. The number of amides is 1. The molecule has 0 spiro atoms. The van der Waals surface area contributed by atoms with Crippen LogP contribution in [0, 0.1) is 10.1 Å². The zero-order chi connectivity index (χ0) is 13.8. The van der Waals surface area contributed by atoms with Crippen molar-refractivity contribution in [2.75, 3.05) is 19.7 Å². The molecule has 1 aliphatic heterocycles. The summed E-state index contributed by atoms with van der Waals surface area (Å²) in [4.78, 5) is 34.3. The van der Waals surface area contributed by atoms with E-state index in [0.29, 0.717) is 13.1 Å². The summed E-state index contributed by atoms with van der Waals surface area (Å²) < 4.78 is 9.41. The first-order valence-electron chi connectivity index (χ1n) is 5.77. The van der Waals surface area contributed by atoms with Gasteiger partial charge in [-0.15, -0.1) is 0 Å². The van der Waals surface area contributed by atoms with Gasteiger partial charge < -0.3 is 14.1 Å². The number of nitro groups is 1. The first kappa shape index (κ1) is 13.1. The summed E-state index contributed by atoms with van der Waals surface area (Å²) in [6, 6.07) is 2.19. The quantitative estimate of drug-likeness (QED) is 0.458. The second-order valence-electron chi connectivity index (χ2n) is 4.06. The number of ether oxygens (including phenoxy) is 1. The van der Waals surface area contributed by atoms with Gasteiger partial charge >= 0.3 is 11.9 Å². The van der Waals surface area contributed by atoms with E-state index in [1.165, 1.54) is 0 Å². The molecule has 0 saturated carbocycles. The van der Waals surface area contributed by atoms with Gasteiger partial charge in [-0.1, -0.05) is 0 Å². The summed E-state index contributed by atoms with van der Waals surface area (Å²) in [5.41, 5.74) is 0. The Balaban J connectivity index is 1.86. The van der Waals surface area contributed by atoms with Crippen molar-refractivity contribution in [3.63, 3.8) is 0 Å². The third kappa shape index (κ3) is 3.09. The minimum atomic E-state index is -0.888. The Kier molecular flexibility index (Phi) is 3.79. The zero-order valence-corrected chi connectivity index (χ0v) is 10.0. The normalized spacial score (nSPS) is 14.4. The number of nitrogens with zero attached hydrogens (tertiary/aromatic N) is 2. The highest BCUT2D eigenvalue weighted by atomic mass is 16.7. The van der Waals surface area contributed by atoms with Crippen molar-refractivity contribution < 1.29 is 23.7 Å². The van der Waals surface area contributed by atoms with Crippen molar-refractivity contribution in [3.8, 4) is 0 Å². The molecule has 19 heavy (non-hydrogen) atoms. The lowest BCUT2D eigenvalue weighted by molar-refractivity contribution is -0.402. The van der Waals surface area contributed by atoms with E-state index in [0.717, 1.165) is 25.0 Å². The fourth-order valence-corrected chi connectivity index (χ4v) is 1.79. The van der Waals surface area contributed by atoms with Crippen molar-refractivity contribution in [2.24, 2.45) is 0 Å². The van der Waals surface area contributed by atoms with Gasteiger partial charge in [0.1, 0.15) is 4.92 Å². The summed E-state index contributed by atoms with van der Waals surface area (Å²) >= 11 is 0. The van der Waals surface area contributed by atoms with Gasteiger partial charge in [0.05, 0.1) is 6.07 Å². The predicted octanol–water partition coefficient (Wildman–Crippen LogP) is 0.967. The van der Waals surface area contributed by atoms with Crippen LogP contribution in [0.2, 0.25) is 0 Å². The molecule has 1 aromatic rings. The molecule has 0 aromatic carbocycles. The first-order chi connectivity index (χ1) is 9.08. The van der Waals surface area contributed by atoms with Crippen LogP contribution in [0.5, 0.6) is 0 Å². The van der Waals surface area contributed by atoms with E-state index in [1.54, 1.807) is 4.90 Å². The van der Waals surface area contributed by atoms with Gasteiger partial charge in [-0.2, -0.15) is 0 Å². The van der Waals surface area contributed by atoms with Crippen molar-refractivity contribution in [1.29, 1.82) is 0 Å². The maximum atomic E-state index is 11.6. The topological polar surface area (TPSA) is 103 Å². The third-order valence-corrected chi connectivity index (χ3v) is 2.76. The molecule has 2 heterocycles. The minimum absolute atomic E-state index is 0.271. The average molecular weight is 268 g/mol. The van der Waals surface area contributed by atoms with E-state index in [2.05, 4.69) is 4.42 Å². The van der Waals surface area contributed by atoms with Gasteiger partial charge in [0.25, 0.3) is 5.91 Å². The molecule has 0 bridgehead atoms. The van der Waals surface area contributed by atoms with Gasteiger partial charge in [-0.25, -0.2) is 4.79 Å². The highest BCUT2D eigenvalue weighted by Gasteiger charge is 2.22. The minimum Gasteiger partial charge on any atom is -0.450 e. The van der Waals surface area contributed by atoms with Crippen LogP contribution in [0.15, 0.2) is 16.5 Å². The van der Waals surface area contributed by atoms with Crippen LogP contribution in [0.3, 0.4) is 0 Å². The molecule has 1 fully saturated rings. The molecule has 1 aliphatic rings. The number of carbonyl (C=O) groups excluding carboxylic acids is 2. The molecule has 0 atom stereocenters. The van der Waals surface area contributed by atoms with Crippen LogP contribution in [0.4, 0.5) is 5.88 Å². The molecular weight excluding hydrogens is 256 g/mol. The molecule has 0 unspecified atom stereocenters. The fourth-order valence-electron chi connectivity index (χ4n) is 1.79. The van der Waals surface area contributed by atoms with E-state index in [9.17, 15) is 19.7 Å². The molecule has 0 radical (unpaired) electrons. The zero-order valence-electron chi connectivity index (χ0n) is 10.0. The van der Waals surface area contributed by atoms with Gasteiger partial charge in [0.2, 0.25) is 5.76 Å². The lowest BCUT2D eigenvalue weighted by Crippen LogP contribution is -2.32. The van der Waals surface area contributed by atoms with E-state index in [1.807, 2.05) is 0 Å². The number of likely N-dealkylation sites (tertiary alicyclic amines) is 1. The number of hydrogen-bond acceptors (Lipinski definition) is 6. The number of esters is 1. The molecule has 0 N–H and O–H groups in total. The largest absolute Gasteiger partial charge is 0.450 e. The number of carbonyl (C=O) groups is 2. The number of rotatable bonds is 4. The maximum absolute atomic E-state index is 11.6. The Hall–Kier alpha value is -2.38. The Morgan fingerprint density at radius 2 is 2.05 bits per heavy atom. The van der Waals surface area contributed by atoms with Gasteiger partial charge in [-0.3, -0.25) is 14.9 Å². The van der Waals surface area contributed by atoms with Crippen molar-refractivity contribution in [1.82, 2.24) is 4.90 Å². The summed E-state index contributed by atoms with van der Waals surface area (Å²) in [7, 11) is 0. The summed E-state index contributed by atoms with van der Waals surface area (Å²) in [5.74, 6) is -1.99. The molecule has 1 amide bonds. The highest BCUT2D eigenvalue weighted by Crippen LogP contribution is 2.16. The van der Waals surface area contributed by atoms with Crippen LogP contribution < -0.4 is 0 Å². The Bertz CT molecular complexity index is 503. The third-order valence-electron chi connectivity index (χ3n) is 2.76. The molecule has 1 saturated heterocycles. The first-order valence-corrected chi connectivity index (χ1v) is 5.77. The molecule has 1 aromatic heterocycles. The second-order valence-corrected chi connectivity index (χ2v) is 4.06. The van der Waals surface area contributed by atoms with E-state index < -0.39 is 16.8 Å². The van der Waals surface area contributed by atoms with E-state index in [4.69, 9.17) is 4.74 Å². The smallest absolute Gasteiger partial charge is 0.433 e. The number of hydrogen-bond donors (Lipinski definition) is 0. The molecule has 2 rings (SSSR count). The van der Waals surface area contributed by atoms with Crippen LogP contribution in [0.1, 0.15) is 23.4 Å². The summed E-state index contributed by atoms with van der Waals surface area (Å²) in [6.07, 6.45) is 1.90. The summed E-state index contributed by atoms with van der Waals surface area (Å²) in [6.45, 7) is 0.957. The maximum Gasteiger partial charge on any atom is 0.433 e. The molecular formula is C11H12N2O6. The molecule has 8 heteroatoms. The predicted molar refractivity (Wildman–Crippen MR) is 61.5 cm³/mol. The molecule has 8 nitrogen and oxygen atoms in total. The molecule has 102 valence electrons. The van der Waals surface area contributed by atoms with Gasteiger partial charge in [0.15, 0.2) is 6.61 Å². The summed E-state index contributed by atoms with van der Waals surface area (Å²) in [5, 5.41) is 10.4. The molecule has 0 aliphatic carbocycles. The monoisotopic (exact) mass is 268 g/mol. The van der Waals surface area contributed by atoms with Crippen LogP contribution in [0.25, 0.3) is 0 Å². The van der Waals surface area contributed by atoms with E-state index >= 15 is 0 Å². The van der Waals surface area contributed by atoms with Crippen LogP contribution in [-0.2, 0) is 9.53 Å². The Morgan fingerprint density at radius 3 is 2.63 bits per heavy atom. The fraction of sp³-hybridized carbons (Fsp3) is 0.455. The highest BCUT2D eigenvalue weighted by molar-refractivity contribution is 5.89. The standard InChI is InChI=1S/C11H12N2O6/c14-9(12-5-1-2-6-12)7-18-11(15)8-3-4-10(19-8)13(16)17/h3-4H,1-2,5-7H2. The van der Waals surface area contributed by atoms with Crippen molar-refractivity contribution >= 4 is 17.8 Å². The van der Waals surface area contributed by atoms with Crippen LogP contribution >= 0.6 is 0 Å².